The number of aliphatic hydroxyl groups is 1. The third-order valence-electron chi connectivity index (χ3n) is 2.27. The SMILES string of the molecule is CC.CC(c1nccnc1N)N(C)CCO. The van der Waals surface area contributed by atoms with Crippen LogP contribution in [0.4, 0.5) is 5.82 Å². The molecule has 5 nitrogen and oxygen atoms in total. The number of hydrogen-bond donors (Lipinski definition) is 2. The Balaban J connectivity index is 0.00000106. The Morgan fingerprint density at radius 1 is 1.38 bits per heavy atom. The molecule has 0 aliphatic heterocycles. The first-order valence-corrected chi connectivity index (χ1v) is 5.54. The number of likely N-dealkylation sites (N-methyl/N-ethyl adjacent to an activating group) is 1. The molecule has 0 amide bonds. The third kappa shape index (κ3) is 4.12. The molecule has 0 aliphatic carbocycles. The molecule has 0 saturated heterocycles. The molecule has 1 aromatic rings. The van der Waals surface area contributed by atoms with Crippen molar-refractivity contribution in [3.63, 3.8) is 0 Å². The van der Waals surface area contributed by atoms with Crippen molar-refractivity contribution in [2.75, 3.05) is 25.9 Å². The Bertz CT molecular complexity index is 293. The van der Waals surface area contributed by atoms with E-state index in [-0.39, 0.29) is 12.6 Å². The van der Waals surface area contributed by atoms with Crippen LogP contribution in [0.3, 0.4) is 0 Å². The second-order valence-corrected chi connectivity index (χ2v) is 3.21. The summed E-state index contributed by atoms with van der Waals surface area (Å²) in [6, 6.07) is 0.0656. The zero-order valence-electron chi connectivity index (χ0n) is 10.5. The van der Waals surface area contributed by atoms with Crippen molar-refractivity contribution in [3.05, 3.63) is 18.1 Å². The molecule has 1 atom stereocenters. The summed E-state index contributed by atoms with van der Waals surface area (Å²) >= 11 is 0. The largest absolute Gasteiger partial charge is 0.395 e. The Morgan fingerprint density at radius 3 is 2.44 bits per heavy atom. The van der Waals surface area contributed by atoms with E-state index >= 15 is 0 Å². The standard InChI is InChI=1S/C9H16N4O.C2H6/c1-7(13(2)5-6-14)8-9(10)12-4-3-11-8;1-2/h3-4,7,14H,5-6H2,1-2H3,(H2,10,12);1-2H3. The first kappa shape index (κ1) is 14.8. The molecule has 92 valence electrons. The summed E-state index contributed by atoms with van der Waals surface area (Å²) in [4.78, 5) is 10.1. The number of hydrogen-bond acceptors (Lipinski definition) is 5. The molecule has 1 unspecified atom stereocenters. The zero-order valence-corrected chi connectivity index (χ0v) is 10.5. The van der Waals surface area contributed by atoms with Crippen molar-refractivity contribution < 1.29 is 5.11 Å². The number of nitrogens with two attached hydrogens (primary N) is 1. The van der Waals surface area contributed by atoms with E-state index in [9.17, 15) is 0 Å². The van der Waals surface area contributed by atoms with Crippen molar-refractivity contribution in [3.8, 4) is 0 Å². The first-order valence-electron chi connectivity index (χ1n) is 5.54. The van der Waals surface area contributed by atoms with Crippen LogP contribution in [0.15, 0.2) is 12.4 Å². The fourth-order valence-electron chi connectivity index (χ4n) is 1.24. The number of nitrogen functional groups attached to an aromatic ring is 1. The van der Waals surface area contributed by atoms with E-state index in [0.717, 1.165) is 5.69 Å². The number of aromatic nitrogens is 2. The lowest BCUT2D eigenvalue weighted by Crippen LogP contribution is -2.27. The molecule has 5 heteroatoms. The van der Waals surface area contributed by atoms with Crippen LogP contribution in [0.2, 0.25) is 0 Å². The van der Waals surface area contributed by atoms with Crippen molar-refractivity contribution in [1.82, 2.24) is 14.9 Å². The maximum Gasteiger partial charge on any atom is 0.146 e. The number of aliphatic hydroxyl groups excluding tert-OH is 1. The summed E-state index contributed by atoms with van der Waals surface area (Å²) in [5, 5.41) is 8.79. The van der Waals surface area contributed by atoms with Gasteiger partial charge < -0.3 is 10.8 Å². The Kier molecular flexibility index (Phi) is 7.41. The zero-order chi connectivity index (χ0) is 12.6. The van der Waals surface area contributed by atoms with Gasteiger partial charge in [0.25, 0.3) is 0 Å². The molecular weight excluding hydrogens is 204 g/mol. The van der Waals surface area contributed by atoms with E-state index in [1.807, 2.05) is 32.7 Å². The van der Waals surface area contributed by atoms with Gasteiger partial charge in [0.05, 0.1) is 18.3 Å². The molecule has 0 aliphatic rings. The van der Waals surface area contributed by atoms with E-state index in [0.29, 0.717) is 12.4 Å². The summed E-state index contributed by atoms with van der Waals surface area (Å²) < 4.78 is 0. The normalized spacial score (nSPS) is 11.9. The highest BCUT2D eigenvalue weighted by Crippen LogP contribution is 2.19. The minimum absolute atomic E-state index is 0.0656. The van der Waals surface area contributed by atoms with Gasteiger partial charge in [0.2, 0.25) is 0 Å². The predicted molar refractivity (Wildman–Crippen MR) is 65.9 cm³/mol. The number of nitrogens with zero attached hydrogens (tertiary/aromatic N) is 3. The quantitative estimate of drug-likeness (QED) is 0.803. The van der Waals surface area contributed by atoms with Gasteiger partial charge in [-0.15, -0.1) is 0 Å². The van der Waals surface area contributed by atoms with Gasteiger partial charge in [0, 0.05) is 18.9 Å². The lowest BCUT2D eigenvalue weighted by Gasteiger charge is -2.23. The summed E-state index contributed by atoms with van der Waals surface area (Å²) in [7, 11) is 1.91. The number of rotatable bonds is 4. The maximum atomic E-state index is 8.79. The van der Waals surface area contributed by atoms with Gasteiger partial charge in [-0.25, -0.2) is 4.98 Å². The van der Waals surface area contributed by atoms with Crippen LogP contribution in [0.1, 0.15) is 32.5 Å². The van der Waals surface area contributed by atoms with Crippen molar-refractivity contribution in [1.29, 1.82) is 0 Å². The van der Waals surface area contributed by atoms with Crippen LogP contribution in [0.25, 0.3) is 0 Å². The van der Waals surface area contributed by atoms with Crippen molar-refractivity contribution in [2.45, 2.75) is 26.8 Å². The molecule has 0 saturated carbocycles. The Hall–Kier alpha value is -1.20. The summed E-state index contributed by atoms with van der Waals surface area (Å²) in [5.74, 6) is 0.449. The van der Waals surface area contributed by atoms with Crippen LogP contribution in [-0.2, 0) is 0 Å². The van der Waals surface area contributed by atoms with Gasteiger partial charge in [-0.05, 0) is 14.0 Å². The molecule has 1 rings (SSSR count). The maximum absolute atomic E-state index is 8.79. The summed E-state index contributed by atoms with van der Waals surface area (Å²) in [6.45, 7) is 6.70. The predicted octanol–water partition coefficient (Wildman–Crippen LogP) is 1.07. The molecule has 0 radical (unpaired) electrons. The average molecular weight is 226 g/mol. The van der Waals surface area contributed by atoms with Crippen molar-refractivity contribution in [2.24, 2.45) is 0 Å². The smallest absolute Gasteiger partial charge is 0.146 e. The molecule has 16 heavy (non-hydrogen) atoms. The van der Waals surface area contributed by atoms with Crippen LogP contribution in [-0.4, -0.2) is 40.2 Å². The van der Waals surface area contributed by atoms with Gasteiger partial charge in [-0.1, -0.05) is 13.8 Å². The molecule has 0 spiro atoms. The van der Waals surface area contributed by atoms with E-state index in [1.54, 1.807) is 12.4 Å². The van der Waals surface area contributed by atoms with E-state index < -0.39 is 0 Å². The van der Waals surface area contributed by atoms with E-state index in [1.165, 1.54) is 0 Å². The van der Waals surface area contributed by atoms with Crippen LogP contribution in [0, 0.1) is 0 Å². The summed E-state index contributed by atoms with van der Waals surface area (Å²) in [6.07, 6.45) is 3.19. The lowest BCUT2D eigenvalue weighted by atomic mass is 10.2. The molecule has 0 aromatic carbocycles. The Labute approximate surface area is 97.3 Å². The van der Waals surface area contributed by atoms with Gasteiger partial charge in [0.15, 0.2) is 0 Å². The number of anilines is 1. The summed E-state index contributed by atoms with van der Waals surface area (Å²) in [5.41, 5.74) is 6.45. The van der Waals surface area contributed by atoms with Crippen molar-refractivity contribution >= 4 is 5.82 Å². The van der Waals surface area contributed by atoms with Gasteiger partial charge in [0.1, 0.15) is 5.82 Å². The van der Waals surface area contributed by atoms with Crippen LogP contribution < -0.4 is 5.73 Å². The Morgan fingerprint density at radius 2 is 1.94 bits per heavy atom. The molecule has 0 fully saturated rings. The monoisotopic (exact) mass is 226 g/mol. The molecular formula is C11H22N4O. The average Bonchev–Trinajstić information content (AvgIpc) is 2.32. The van der Waals surface area contributed by atoms with Crippen LogP contribution in [0.5, 0.6) is 0 Å². The second kappa shape index (κ2) is 8.01. The minimum atomic E-state index is 0.0656. The molecule has 0 bridgehead atoms. The first-order chi connectivity index (χ1) is 7.66. The molecule has 1 aromatic heterocycles. The van der Waals surface area contributed by atoms with Gasteiger partial charge >= 0.3 is 0 Å². The fraction of sp³-hybridized carbons (Fsp3) is 0.636. The molecule has 3 N–H and O–H groups in total. The third-order valence-corrected chi connectivity index (χ3v) is 2.27. The topological polar surface area (TPSA) is 75.3 Å². The highest BCUT2D eigenvalue weighted by molar-refractivity contribution is 5.34. The lowest BCUT2D eigenvalue weighted by molar-refractivity contribution is 0.187. The highest BCUT2D eigenvalue weighted by Gasteiger charge is 2.15. The molecule has 1 heterocycles. The second-order valence-electron chi connectivity index (χ2n) is 3.21. The van der Waals surface area contributed by atoms with E-state index in [2.05, 4.69) is 9.97 Å². The highest BCUT2D eigenvalue weighted by atomic mass is 16.3. The van der Waals surface area contributed by atoms with Gasteiger partial charge in [-0.3, -0.25) is 9.88 Å². The van der Waals surface area contributed by atoms with Gasteiger partial charge in [-0.2, -0.15) is 0 Å². The fourth-order valence-corrected chi connectivity index (χ4v) is 1.24. The minimum Gasteiger partial charge on any atom is -0.395 e. The van der Waals surface area contributed by atoms with E-state index in [4.69, 9.17) is 10.8 Å². The van der Waals surface area contributed by atoms with Crippen LogP contribution >= 0.6 is 0 Å².